The summed E-state index contributed by atoms with van der Waals surface area (Å²) in [5.74, 6) is 0.0766. The van der Waals surface area contributed by atoms with E-state index in [9.17, 15) is 9.59 Å². The third-order valence-corrected chi connectivity index (χ3v) is 4.06. The summed E-state index contributed by atoms with van der Waals surface area (Å²) in [6, 6.07) is 21.8. The Balaban J connectivity index is 1.52. The molecule has 3 aromatic rings. The van der Waals surface area contributed by atoms with E-state index in [1.54, 1.807) is 24.3 Å². The molecule has 28 heavy (non-hydrogen) atoms. The van der Waals surface area contributed by atoms with Crippen molar-refractivity contribution in [3.63, 3.8) is 0 Å². The number of rotatable bonds is 6. The van der Waals surface area contributed by atoms with Crippen LogP contribution in [0, 0.1) is 13.8 Å². The van der Waals surface area contributed by atoms with Crippen LogP contribution in [-0.4, -0.2) is 18.4 Å². The second-order valence-corrected chi connectivity index (χ2v) is 6.55. The number of benzene rings is 3. The highest BCUT2D eigenvalue weighted by molar-refractivity contribution is 6.04. The van der Waals surface area contributed by atoms with E-state index in [-0.39, 0.29) is 18.4 Å². The predicted octanol–water partition coefficient (Wildman–Crippen LogP) is 4.57. The average Bonchev–Trinajstić information content (AvgIpc) is 2.67. The van der Waals surface area contributed by atoms with Crippen molar-refractivity contribution in [3.05, 3.63) is 89.5 Å². The monoisotopic (exact) mass is 374 g/mol. The number of ether oxygens (including phenoxy) is 1. The van der Waals surface area contributed by atoms with Crippen LogP contribution >= 0.6 is 0 Å². The lowest BCUT2D eigenvalue weighted by Crippen LogP contribution is -2.20. The molecule has 5 nitrogen and oxygen atoms in total. The molecule has 0 spiro atoms. The third-order valence-electron chi connectivity index (χ3n) is 4.06. The van der Waals surface area contributed by atoms with Crippen molar-refractivity contribution >= 4 is 23.2 Å². The lowest BCUT2D eigenvalue weighted by Gasteiger charge is -2.09. The van der Waals surface area contributed by atoms with Crippen LogP contribution in [0.4, 0.5) is 11.4 Å². The summed E-state index contributed by atoms with van der Waals surface area (Å²) >= 11 is 0. The Bertz CT molecular complexity index is 981. The first-order chi connectivity index (χ1) is 13.5. The molecule has 0 atom stereocenters. The lowest BCUT2D eigenvalue weighted by molar-refractivity contribution is -0.118. The fourth-order valence-corrected chi connectivity index (χ4v) is 2.70. The molecule has 0 fully saturated rings. The van der Waals surface area contributed by atoms with Gasteiger partial charge < -0.3 is 15.4 Å². The van der Waals surface area contributed by atoms with Gasteiger partial charge in [0.15, 0.2) is 6.61 Å². The highest BCUT2D eigenvalue weighted by Gasteiger charge is 2.08. The summed E-state index contributed by atoms with van der Waals surface area (Å²) in [6.07, 6.45) is 0. The number of anilines is 2. The van der Waals surface area contributed by atoms with E-state index in [4.69, 9.17) is 4.74 Å². The lowest BCUT2D eigenvalue weighted by atomic mass is 10.2. The van der Waals surface area contributed by atoms with Crippen LogP contribution in [-0.2, 0) is 4.79 Å². The number of hydrogen-bond donors (Lipinski definition) is 2. The summed E-state index contributed by atoms with van der Waals surface area (Å²) in [7, 11) is 0. The van der Waals surface area contributed by atoms with Crippen LogP contribution in [0.3, 0.4) is 0 Å². The SMILES string of the molecule is Cc1cccc(NC(=O)COc2ccc(C(=O)Nc3cccc(C)c3)cc2)c1. The second kappa shape index (κ2) is 8.86. The van der Waals surface area contributed by atoms with Crippen molar-refractivity contribution in [2.24, 2.45) is 0 Å². The molecule has 2 N–H and O–H groups in total. The van der Waals surface area contributed by atoms with E-state index < -0.39 is 0 Å². The van der Waals surface area contributed by atoms with Gasteiger partial charge >= 0.3 is 0 Å². The van der Waals surface area contributed by atoms with Crippen molar-refractivity contribution in [1.82, 2.24) is 0 Å². The molecular formula is C23H22N2O3. The number of carbonyl (C=O) groups is 2. The average molecular weight is 374 g/mol. The minimum absolute atomic E-state index is 0.108. The zero-order chi connectivity index (χ0) is 19.9. The van der Waals surface area contributed by atoms with Gasteiger partial charge in [-0.3, -0.25) is 9.59 Å². The largest absolute Gasteiger partial charge is 0.484 e. The van der Waals surface area contributed by atoms with Crippen LogP contribution < -0.4 is 15.4 Å². The van der Waals surface area contributed by atoms with E-state index in [0.717, 1.165) is 22.5 Å². The van der Waals surface area contributed by atoms with Gasteiger partial charge in [-0.05, 0) is 73.5 Å². The molecule has 2 amide bonds. The molecule has 0 aromatic heterocycles. The summed E-state index contributed by atoms with van der Waals surface area (Å²) in [5.41, 5.74) is 4.14. The first-order valence-electron chi connectivity index (χ1n) is 8.97. The van der Waals surface area contributed by atoms with Crippen LogP contribution in [0.1, 0.15) is 21.5 Å². The minimum Gasteiger partial charge on any atom is -0.484 e. The first kappa shape index (κ1) is 19.2. The maximum Gasteiger partial charge on any atom is 0.262 e. The normalized spacial score (nSPS) is 10.2. The summed E-state index contributed by atoms with van der Waals surface area (Å²) in [4.78, 5) is 24.3. The Morgan fingerprint density at radius 3 is 1.93 bits per heavy atom. The molecule has 142 valence electrons. The van der Waals surface area contributed by atoms with Gasteiger partial charge in [-0.2, -0.15) is 0 Å². The van der Waals surface area contributed by atoms with Crippen molar-refractivity contribution in [3.8, 4) is 5.75 Å². The van der Waals surface area contributed by atoms with E-state index in [0.29, 0.717) is 11.3 Å². The Morgan fingerprint density at radius 2 is 1.36 bits per heavy atom. The van der Waals surface area contributed by atoms with Gasteiger partial charge in [0.05, 0.1) is 0 Å². The molecular weight excluding hydrogens is 352 g/mol. The number of carbonyl (C=O) groups excluding carboxylic acids is 2. The number of amides is 2. The second-order valence-electron chi connectivity index (χ2n) is 6.55. The third kappa shape index (κ3) is 5.45. The van der Waals surface area contributed by atoms with Crippen LogP contribution in [0.15, 0.2) is 72.8 Å². The molecule has 0 unspecified atom stereocenters. The van der Waals surface area contributed by atoms with Gasteiger partial charge in [0.2, 0.25) is 0 Å². The number of hydrogen-bond acceptors (Lipinski definition) is 3. The predicted molar refractivity (Wildman–Crippen MR) is 111 cm³/mol. The fourth-order valence-electron chi connectivity index (χ4n) is 2.70. The molecule has 3 rings (SSSR count). The Labute approximate surface area is 164 Å². The van der Waals surface area contributed by atoms with Crippen LogP contribution in [0.25, 0.3) is 0 Å². The standard InChI is InChI=1S/C23H22N2O3/c1-16-5-3-7-19(13-16)24-22(26)15-28-21-11-9-18(10-12-21)23(27)25-20-8-4-6-17(2)14-20/h3-14H,15H2,1-2H3,(H,24,26)(H,25,27). The number of nitrogens with one attached hydrogen (secondary N) is 2. The van der Waals surface area contributed by atoms with Gasteiger partial charge in [0.1, 0.15) is 5.75 Å². The molecule has 0 saturated heterocycles. The molecule has 5 heteroatoms. The van der Waals surface area contributed by atoms with E-state index in [1.165, 1.54) is 0 Å². The van der Waals surface area contributed by atoms with E-state index >= 15 is 0 Å². The first-order valence-corrected chi connectivity index (χ1v) is 8.97. The van der Waals surface area contributed by atoms with Crippen LogP contribution in [0.2, 0.25) is 0 Å². The maximum atomic E-state index is 12.3. The van der Waals surface area contributed by atoms with E-state index in [1.807, 2.05) is 62.4 Å². The highest BCUT2D eigenvalue weighted by Crippen LogP contribution is 2.15. The van der Waals surface area contributed by atoms with Gasteiger partial charge in [0, 0.05) is 16.9 Å². The van der Waals surface area contributed by atoms with Crippen molar-refractivity contribution in [2.45, 2.75) is 13.8 Å². The van der Waals surface area contributed by atoms with Gasteiger partial charge in [-0.25, -0.2) is 0 Å². The molecule has 0 saturated carbocycles. The van der Waals surface area contributed by atoms with Gasteiger partial charge in [0.25, 0.3) is 11.8 Å². The molecule has 0 radical (unpaired) electrons. The molecule has 0 aliphatic heterocycles. The topological polar surface area (TPSA) is 67.4 Å². The van der Waals surface area contributed by atoms with Crippen molar-refractivity contribution in [1.29, 1.82) is 0 Å². The van der Waals surface area contributed by atoms with Gasteiger partial charge in [-0.1, -0.05) is 24.3 Å². The molecule has 0 heterocycles. The van der Waals surface area contributed by atoms with Crippen molar-refractivity contribution in [2.75, 3.05) is 17.2 Å². The molecule has 0 aliphatic carbocycles. The summed E-state index contributed by atoms with van der Waals surface area (Å²) in [6.45, 7) is 3.82. The Morgan fingerprint density at radius 1 is 0.786 bits per heavy atom. The Hall–Kier alpha value is -3.60. The van der Waals surface area contributed by atoms with Gasteiger partial charge in [-0.15, -0.1) is 0 Å². The zero-order valence-electron chi connectivity index (χ0n) is 15.9. The van der Waals surface area contributed by atoms with E-state index in [2.05, 4.69) is 10.6 Å². The summed E-state index contributed by atoms with van der Waals surface area (Å²) in [5, 5.41) is 5.64. The highest BCUT2D eigenvalue weighted by atomic mass is 16.5. The molecule has 0 bridgehead atoms. The molecule has 3 aromatic carbocycles. The maximum absolute atomic E-state index is 12.3. The Kier molecular flexibility index (Phi) is 6.07. The molecule has 0 aliphatic rings. The number of aryl methyl sites for hydroxylation is 2. The summed E-state index contributed by atoms with van der Waals surface area (Å²) < 4.78 is 5.50. The fraction of sp³-hybridized carbons (Fsp3) is 0.130. The minimum atomic E-state index is -0.244. The smallest absolute Gasteiger partial charge is 0.262 e. The van der Waals surface area contributed by atoms with Crippen molar-refractivity contribution < 1.29 is 14.3 Å². The zero-order valence-corrected chi connectivity index (χ0v) is 15.9. The quantitative estimate of drug-likeness (QED) is 0.664. The van der Waals surface area contributed by atoms with Crippen LogP contribution in [0.5, 0.6) is 5.75 Å².